The highest BCUT2D eigenvalue weighted by Gasteiger charge is 1.78. The van der Waals surface area contributed by atoms with Gasteiger partial charge in [0.2, 0.25) is 0 Å². The van der Waals surface area contributed by atoms with E-state index in [0.29, 0.717) is 6.54 Å². The average molecular weight is 945 g/mol. The minimum absolute atomic E-state index is 0. The van der Waals surface area contributed by atoms with Crippen LogP contribution in [-0.2, 0) is 0 Å². The highest BCUT2D eigenvalue weighted by atomic mass is 16.5. The Bertz CT molecular complexity index is 1690. The first kappa shape index (κ1) is 60.6. The second kappa shape index (κ2) is 57.6. The molecule has 21 nitrogen and oxygen atoms in total. The molecule has 0 saturated heterocycles. The van der Waals surface area contributed by atoms with Gasteiger partial charge < -0.3 is 4.52 Å². The fraction of sp³-hybridized carbons (Fsp3) is 0.184. The summed E-state index contributed by atoms with van der Waals surface area (Å²) in [5, 5.41) is 34.8. The maximum absolute atomic E-state index is 4.33. The molecular weight excluding hydrogens is 885 g/mol. The lowest BCUT2D eigenvalue weighted by molar-refractivity contribution is 0.420. The first-order chi connectivity index (χ1) is 34.5. The maximum Gasteiger partial charge on any atom is 0.123 e. The van der Waals surface area contributed by atoms with Gasteiger partial charge in [0.25, 0.3) is 0 Å². The van der Waals surface area contributed by atoms with Crippen molar-refractivity contribution in [2.45, 2.75) is 33.1 Å². The summed E-state index contributed by atoms with van der Waals surface area (Å²) in [5.41, 5.74) is 0. The molecule has 0 radical (unpaired) electrons. The molecule has 0 fully saturated rings. The summed E-state index contributed by atoms with van der Waals surface area (Å²) in [7, 11) is 0. The van der Waals surface area contributed by atoms with Crippen molar-refractivity contribution in [1.29, 1.82) is 0 Å². The van der Waals surface area contributed by atoms with Crippen LogP contribution in [0.3, 0.4) is 0 Å². The third-order valence-electron chi connectivity index (χ3n) is 6.29. The molecule has 0 amide bonds. The molecule has 70 heavy (non-hydrogen) atoms. The molecule has 0 aliphatic carbocycles. The van der Waals surface area contributed by atoms with Crippen LogP contribution in [-0.4, -0.2) is 116 Å². The summed E-state index contributed by atoms with van der Waals surface area (Å²) in [4.78, 5) is 37.6. The number of nitrogens with zero attached hydrogens (tertiary/aromatic N) is 20. The van der Waals surface area contributed by atoms with E-state index in [2.05, 4.69) is 106 Å². The van der Waals surface area contributed by atoms with Gasteiger partial charge in [0.15, 0.2) is 0 Å². The molecule has 8 aliphatic heterocycles. The minimum Gasteiger partial charge on any atom is -0.365 e. The van der Waals surface area contributed by atoms with Gasteiger partial charge >= 0.3 is 0 Å². The lowest BCUT2D eigenvalue weighted by Gasteiger charge is -1.70. The van der Waals surface area contributed by atoms with Crippen molar-refractivity contribution in [3.05, 3.63) is 197 Å². The molecule has 21 heteroatoms. The number of hydrogen-bond donors (Lipinski definition) is 0. The Hall–Kier alpha value is -9.40. The summed E-state index contributed by atoms with van der Waals surface area (Å²) in [5.74, 6) is 0. The molecule has 5 aromatic rings. The van der Waals surface area contributed by atoms with Crippen LogP contribution in [0.25, 0.3) is 0 Å². The van der Waals surface area contributed by atoms with E-state index in [1.54, 1.807) is 136 Å². The van der Waals surface area contributed by atoms with Gasteiger partial charge in [0.05, 0.1) is 38.6 Å². The van der Waals surface area contributed by atoms with Gasteiger partial charge in [-0.15, -0.1) is 5.10 Å². The third kappa shape index (κ3) is 54.7. The smallest absolute Gasteiger partial charge is 0.123 e. The fourth-order valence-electron chi connectivity index (χ4n) is 3.42. The lowest BCUT2D eigenvalue weighted by Crippen LogP contribution is -1.69. The normalized spacial score (nSPS) is 13.4. The molecule has 8 aliphatic rings. The Balaban J connectivity index is 0.000000736. The van der Waals surface area contributed by atoms with Gasteiger partial charge in [-0.05, 0) is 59.8 Å². The Morgan fingerprint density at radius 1 is 0.371 bits per heavy atom. The van der Waals surface area contributed by atoms with Crippen molar-refractivity contribution in [1.82, 2.24) is 40.3 Å². The number of aliphatic imine (C=N–C) groups is 5. The van der Waals surface area contributed by atoms with Gasteiger partial charge in [-0.3, -0.25) is 39.9 Å². The van der Waals surface area contributed by atoms with Crippen LogP contribution in [0.4, 0.5) is 0 Å². The molecule has 0 bridgehead atoms. The third-order valence-corrected chi connectivity index (χ3v) is 6.29. The van der Waals surface area contributed by atoms with Gasteiger partial charge in [0, 0.05) is 156 Å². The van der Waals surface area contributed by atoms with Gasteiger partial charge in [-0.1, -0.05) is 49.0 Å². The zero-order valence-corrected chi connectivity index (χ0v) is 38.1. The average Bonchev–Trinajstić information content (AvgIpc) is 4.31. The fourth-order valence-corrected chi connectivity index (χ4v) is 3.42. The molecule has 13 heterocycles. The van der Waals surface area contributed by atoms with Crippen LogP contribution in [0, 0.1) is 0 Å². The highest BCUT2D eigenvalue weighted by molar-refractivity contribution is 5.82. The van der Waals surface area contributed by atoms with Crippen LogP contribution in [0.1, 0.15) is 33.1 Å². The molecule has 0 unspecified atom stereocenters. The SMILES string of the molecule is C.C1=CCN=C1.C1=CCN=C1.C1=CN=CC1.C1=CN=CC1.C1=CN=CC1.C1=CN=NC1.C1=NN=CC1.C1=NN=NC1.c1ccncc1.c1ccnnc1.c1cnccn1.c1cncnc1.c1cnoc1. The second-order valence-corrected chi connectivity index (χ2v) is 11.5. The molecular formula is C49H60N20O. The summed E-state index contributed by atoms with van der Waals surface area (Å²) in [6.07, 6.45) is 62.7. The summed E-state index contributed by atoms with van der Waals surface area (Å²) < 4.78 is 4.33. The van der Waals surface area contributed by atoms with Crippen molar-refractivity contribution >= 4 is 49.7 Å². The van der Waals surface area contributed by atoms with Crippen LogP contribution >= 0.6 is 0 Å². The Morgan fingerprint density at radius 3 is 1.06 bits per heavy atom. The Kier molecular flexibility index (Phi) is 49.9. The number of aromatic nitrogens is 8. The lowest BCUT2D eigenvalue weighted by atomic mass is 10.5. The molecule has 13 rings (SSSR count). The zero-order chi connectivity index (χ0) is 48.8. The number of rotatable bonds is 0. The zero-order valence-electron chi connectivity index (χ0n) is 38.1. The van der Waals surface area contributed by atoms with Crippen molar-refractivity contribution in [3.63, 3.8) is 0 Å². The molecule has 5 aromatic heterocycles. The van der Waals surface area contributed by atoms with Crippen LogP contribution < -0.4 is 0 Å². The molecule has 0 atom stereocenters. The van der Waals surface area contributed by atoms with Crippen molar-refractivity contribution < 1.29 is 4.52 Å². The van der Waals surface area contributed by atoms with Gasteiger partial charge in [-0.2, -0.15) is 35.7 Å². The predicted molar refractivity (Wildman–Crippen MR) is 284 cm³/mol. The molecule has 0 spiro atoms. The van der Waals surface area contributed by atoms with E-state index in [1.165, 1.54) is 12.6 Å². The minimum atomic E-state index is 0. The van der Waals surface area contributed by atoms with E-state index in [9.17, 15) is 0 Å². The number of allylic oxidation sites excluding steroid dienone is 5. The first-order valence-electron chi connectivity index (χ1n) is 21.0. The summed E-state index contributed by atoms with van der Waals surface area (Å²) in [6, 6.07) is 12.9. The second-order valence-electron chi connectivity index (χ2n) is 11.5. The molecule has 0 saturated carbocycles. The van der Waals surface area contributed by atoms with E-state index in [0.717, 1.165) is 45.3 Å². The van der Waals surface area contributed by atoms with Crippen LogP contribution in [0.2, 0.25) is 0 Å². The Labute approximate surface area is 410 Å². The van der Waals surface area contributed by atoms with Crippen molar-refractivity contribution in [2.24, 2.45) is 60.8 Å². The van der Waals surface area contributed by atoms with Crippen molar-refractivity contribution in [3.8, 4) is 0 Å². The topological polar surface area (TPSA) is 265 Å². The summed E-state index contributed by atoms with van der Waals surface area (Å²) in [6.45, 7) is 3.22. The van der Waals surface area contributed by atoms with E-state index in [1.807, 2.05) is 97.6 Å². The monoisotopic (exact) mass is 945 g/mol. The highest BCUT2D eigenvalue weighted by Crippen LogP contribution is 1.89. The van der Waals surface area contributed by atoms with Crippen molar-refractivity contribution in [2.75, 3.05) is 26.2 Å². The first-order valence-corrected chi connectivity index (χ1v) is 21.0. The Morgan fingerprint density at radius 2 is 0.914 bits per heavy atom. The number of hydrogen-bond acceptors (Lipinski definition) is 21. The predicted octanol–water partition coefficient (Wildman–Crippen LogP) is 9.85. The molecule has 362 valence electrons. The molecule has 0 aromatic carbocycles. The van der Waals surface area contributed by atoms with Crippen LogP contribution in [0.5, 0.6) is 0 Å². The number of azo groups is 1. The van der Waals surface area contributed by atoms with E-state index in [4.69, 9.17) is 0 Å². The number of pyridine rings is 1. The standard InChI is InChI=1S/C5H5N.3C4H4N2.5C4H5N.2C3H4N2.C3H3NO.C2H3N3.CH4/c1-2-4-6-5-3-1;1-2-6-4-3-5-1;1-2-5-4-6-3-1;1-2-4-6-5-3-1;9*1-2-4-5-3-1;/h1-5H;3*1-4H;3*1,3-4H,2H2;2*1-3H,4H2;2-3H,1H2;1-2H,3H2;1-3H;1H,2H2;1H4. The van der Waals surface area contributed by atoms with E-state index in [-0.39, 0.29) is 7.43 Å². The van der Waals surface area contributed by atoms with Gasteiger partial charge in [0.1, 0.15) is 12.6 Å². The molecule has 0 N–H and O–H groups in total. The van der Waals surface area contributed by atoms with Crippen LogP contribution in [0.15, 0.2) is 262 Å². The van der Waals surface area contributed by atoms with E-state index < -0.39 is 0 Å². The largest absolute Gasteiger partial charge is 0.365 e. The maximum atomic E-state index is 4.33. The quantitative estimate of drug-likeness (QED) is 0.143. The van der Waals surface area contributed by atoms with Gasteiger partial charge in [-0.25, -0.2) is 9.97 Å². The summed E-state index contributed by atoms with van der Waals surface area (Å²) >= 11 is 0. The van der Waals surface area contributed by atoms with E-state index >= 15 is 0 Å².